The molecule has 8 heteroatoms. The van der Waals surface area contributed by atoms with Crippen LogP contribution < -0.4 is 10.1 Å². The van der Waals surface area contributed by atoms with Gasteiger partial charge in [-0.25, -0.2) is 4.98 Å². The van der Waals surface area contributed by atoms with Crippen LogP contribution in [0.3, 0.4) is 0 Å². The largest absolute Gasteiger partial charge is 0.492 e. The summed E-state index contributed by atoms with van der Waals surface area (Å²) in [6, 6.07) is 20.0. The second-order valence-electron chi connectivity index (χ2n) is 8.66. The first-order valence-corrected chi connectivity index (χ1v) is 12.6. The van der Waals surface area contributed by atoms with Crippen molar-refractivity contribution in [1.82, 2.24) is 19.9 Å². The van der Waals surface area contributed by atoms with Crippen molar-refractivity contribution in [1.29, 1.82) is 5.26 Å². The van der Waals surface area contributed by atoms with E-state index in [1.165, 1.54) is 25.9 Å². The average Bonchev–Trinajstić information content (AvgIpc) is 3.65. The Morgan fingerprint density at radius 3 is 2.74 bits per heavy atom. The topological polar surface area (TPSA) is 89.9 Å². The molecule has 4 heterocycles. The molecule has 1 aliphatic rings. The molecule has 0 unspecified atom stereocenters. The van der Waals surface area contributed by atoms with E-state index in [2.05, 4.69) is 32.3 Å². The van der Waals surface area contributed by atoms with Crippen LogP contribution in [0.15, 0.2) is 60.8 Å². The molecular weight excluding hydrogens is 456 g/mol. The van der Waals surface area contributed by atoms with Crippen molar-refractivity contribution >= 4 is 44.1 Å². The molecule has 6 rings (SSSR count). The third-order valence-corrected chi connectivity index (χ3v) is 7.39. The quantitative estimate of drug-likeness (QED) is 0.300. The molecule has 1 aliphatic heterocycles. The number of fused-ring (bicyclic) bond motifs is 2. The van der Waals surface area contributed by atoms with Crippen LogP contribution in [0.2, 0.25) is 0 Å². The number of thiophene rings is 1. The van der Waals surface area contributed by atoms with Crippen molar-refractivity contribution in [2.24, 2.45) is 0 Å². The van der Waals surface area contributed by atoms with Gasteiger partial charge in [-0.3, -0.25) is 4.90 Å². The number of aromatic nitrogens is 3. The van der Waals surface area contributed by atoms with Crippen molar-refractivity contribution < 1.29 is 4.74 Å². The van der Waals surface area contributed by atoms with Crippen molar-refractivity contribution in [2.75, 3.05) is 31.6 Å². The lowest BCUT2D eigenvalue weighted by molar-refractivity contribution is 0.238. The molecule has 0 bridgehead atoms. The zero-order chi connectivity index (χ0) is 23.6. The zero-order valence-corrected chi connectivity index (χ0v) is 19.9. The Labute approximate surface area is 207 Å². The molecule has 0 spiro atoms. The molecule has 2 aromatic carbocycles. The minimum absolute atomic E-state index is 0.521. The summed E-state index contributed by atoms with van der Waals surface area (Å²) < 4.78 is 6.98. The molecule has 5 aromatic rings. The molecule has 0 aliphatic carbocycles. The first-order valence-electron chi connectivity index (χ1n) is 11.8. The molecule has 7 nitrogen and oxygen atoms in total. The van der Waals surface area contributed by atoms with E-state index < -0.39 is 0 Å². The van der Waals surface area contributed by atoms with Gasteiger partial charge in [0.15, 0.2) is 0 Å². The van der Waals surface area contributed by atoms with Crippen LogP contribution >= 0.6 is 11.3 Å². The second kappa shape index (κ2) is 9.37. The van der Waals surface area contributed by atoms with Gasteiger partial charge in [0.05, 0.1) is 22.2 Å². The highest BCUT2D eigenvalue weighted by atomic mass is 32.1. The number of ether oxygens (including phenoxy) is 1. The van der Waals surface area contributed by atoms with Gasteiger partial charge in [-0.05, 0) is 79.8 Å². The average molecular weight is 481 g/mol. The van der Waals surface area contributed by atoms with Gasteiger partial charge >= 0.3 is 0 Å². The number of nitrogens with one attached hydrogen (secondary N) is 2. The molecule has 0 amide bonds. The number of nitrogens with zero attached hydrogens (tertiary/aromatic N) is 4. The number of benzene rings is 2. The van der Waals surface area contributed by atoms with Gasteiger partial charge < -0.3 is 15.0 Å². The van der Waals surface area contributed by atoms with Gasteiger partial charge in [0.1, 0.15) is 18.0 Å². The Morgan fingerprint density at radius 1 is 1.06 bits per heavy atom. The number of hydrogen-bond donors (Lipinski definition) is 2. The lowest BCUT2D eigenvalue weighted by atomic mass is 10.1. The number of likely N-dealkylation sites (tertiary alicyclic amines) is 1. The fourth-order valence-electron chi connectivity index (χ4n) is 4.46. The van der Waals surface area contributed by atoms with E-state index in [1.54, 1.807) is 11.3 Å². The van der Waals surface area contributed by atoms with E-state index in [0.29, 0.717) is 18.1 Å². The lowest BCUT2D eigenvalue weighted by Gasteiger charge is -2.15. The SMILES string of the molecule is N#Cc1ccc2cc(-c3nc(Nc4ccc(OCCN5CCCC5)cc4)nc4[nH]ccc34)sc2c1. The summed E-state index contributed by atoms with van der Waals surface area (Å²) in [5.41, 5.74) is 3.19. The maximum absolute atomic E-state index is 9.23. The van der Waals surface area contributed by atoms with E-state index in [0.717, 1.165) is 49.7 Å². The number of anilines is 2. The number of H-pyrrole nitrogens is 1. The zero-order valence-electron chi connectivity index (χ0n) is 19.1. The van der Waals surface area contributed by atoms with Crippen LogP contribution in [0.4, 0.5) is 11.6 Å². The third-order valence-electron chi connectivity index (χ3n) is 6.28. The highest BCUT2D eigenvalue weighted by molar-refractivity contribution is 7.22. The van der Waals surface area contributed by atoms with Gasteiger partial charge in [0, 0.05) is 28.5 Å². The molecule has 35 heavy (non-hydrogen) atoms. The Morgan fingerprint density at radius 2 is 1.91 bits per heavy atom. The van der Waals surface area contributed by atoms with Crippen molar-refractivity contribution in [3.63, 3.8) is 0 Å². The normalized spacial score (nSPS) is 13.9. The molecule has 174 valence electrons. The fraction of sp³-hybridized carbons (Fsp3) is 0.222. The maximum Gasteiger partial charge on any atom is 0.229 e. The Bertz CT molecular complexity index is 1530. The number of hydrogen-bond acceptors (Lipinski definition) is 7. The van der Waals surface area contributed by atoms with Gasteiger partial charge in [-0.15, -0.1) is 11.3 Å². The molecule has 1 saturated heterocycles. The molecule has 0 saturated carbocycles. The van der Waals surface area contributed by atoms with E-state index in [4.69, 9.17) is 9.72 Å². The highest BCUT2D eigenvalue weighted by Crippen LogP contribution is 2.37. The van der Waals surface area contributed by atoms with E-state index in [1.807, 2.05) is 54.7 Å². The van der Waals surface area contributed by atoms with Crippen molar-refractivity contribution in [3.05, 3.63) is 66.4 Å². The van der Waals surface area contributed by atoms with Crippen LogP contribution in [-0.4, -0.2) is 46.1 Å². The molecule has 1 fully saturated rings. The maximum atomic E-state index is 9.23. The smallest absolute Gasteiger partial charge is 0.229 e. The molecule has 2 N–H and O–H groups in total. The third kappa shape index (κ3) is 4.56. The lowest BCUT2D eigenvalue weighted by Crippen LogP contribution is -2.25. The summed E-state index contributed by atoms with van der Waals surface area (Å²) in [4.78, 5) is 16.2. The predicted molar refractivity (Wildman–Crippen MR) is 140 cm³/mol. The fourth-order valence-corrected chi connectivity index (χ4v) is 5.57. The first-order chi connectivity index (χ1) is 17.2. The summed E-state index contributed by atoms with van der Waals surface area (Å²) in [5, 5.41) is 14.6. The minimum atomic E-state index is 0.521. The molecule has 0 atom stereocenters. The van der Waals surface area contributed by atoms with Crippen LogP contribution in [0.5, 0.6) is 5.75 Å². The minimum Gasteiger partial charge on any atom is -0.492 e. The van der Waals surface area contributed by atoms with Gasteiger partial charge in [-0.2, -0.15) is 10.2 Å². The van der Waals surface area contributed by atoms with Gasteiger partial charge in [0.2, 0.25) is 5.95 Å². The van der Waals surface area contributed by atoms with Crippen molar-refractivity contribution in [2.45, 2.75) is 12.8 Å². The first kappa shape index (κ1) is 21.6. The van der Waals surface area contributed by atoms with E-state index in [9.17, 15) is 5.26 Å². The molecule has 0 radical (unpaired) electrons. The Hall–Kier alpha value is -3.93. The summed E-state index contributed by atoms with van der Waals surface area (Å²) in [6.45, 7) is 4.04. The van der Waals surface area contributed by atoms with Crippen molar-refractivity contribution in [3.8, 4) is 22.4 Å². The summed E-state index contributed by atoms with van der Waals surface area (Å²) >= 11 is 1.63. The summed E-state index contributed by atoms with van der Waals surface area (Å²) in [6.07, 6.45) is 4.47. The van der Waals surface area contributed by atoms with E-state index >= 15 is 0 Å². The summed E-state index contributed by atoms with van der Waals surface area (Å²) in [5.74, 6) is 1.38. The second-order valence-corrected chi connectivity index (χ2v) is 9.74. The number of nitriles is 1. The van der Waals surface area contributed by atoms with Gasteiger partial charge in [-0.1, -0.05) is 6.07 Å². The van der Waals surface area contributed by atoms with Gasteiger partial charge in [0.25, 0.3) is 0 Å². The number of rotatable bonds is 7. The highest BCUT2D eigenvalue weighted by Gasteiger charge is 2.14. The number of aromatic amines is 1. The van der Waals surface area contributed by atoms with Crippen LogP contribution in [0.25, 0.3) is 31.7 Å². The standard InChI is InChI=1S/C27H24N6OS/c28-17-18-3-4-19-16-24(35-23(19)15-18)25-22-9-10-29-26(22)32-27(31-25)30-20-5-7-21(8-6-20)34-14-13-33-11-1-2-12-33/h3-10,15-16H,1-2,11-14H2,(H2,29,30,31,32). The molecule has 3 aromatic heterocycles. The summed E-state index contributed by atoms with van der Waals surface area (Å²) in [7, 11) is 0. The molecular formula is C27H24N6OS. The van der Waals surface area contributed by atoms with Crippen LogP contribution in [-0.2, 0) is 0 Å². The Balaban J connectivity index is 1.22. The Kier molecular flexibility index (Phi) is 5.78. The van der Waals surface area contributed by atoms with Crippen LogP contribution in [0.1, 0.15) is 18.4 Å². The monoisotopic (exact) mass is 480 g/mol. The predicted octanol–water partition coefficient (Wildman–Crippen LogP) is 5.93. The van der Waals surface area contributed by atoms with E-state index in [-0.39, 0.29) is 0 Å². The van der Waals surface area contributed by atoms with Crippen LogP contribution in [0, 0.1) is 11.3 Å².